The first-order valence-corrected chi connectivity index (χ1v) is 13.7. The predicted molar refractivity (Wildman–Crippen MR) is 157 cm³/mol. The van der Waals surface area contributed by atoms with Crippen LogP contribution in [0.2, 0.25) is 0 Å². The molecule has 0 radical (unpaired) electrons. The number of aryl methyl sites for hydroxylation is 2. The highest BCUT2D eigenvalue weighted by molar-refractivity contribution is 5.93. The summed E-state index contributed by atoms with van der Waals surface area (Å²) in [6.45, 7) is 15.7. The van der Waals surface area contributed by atoms with Crippen LogP contribution >= 0.6 is 0 Å². The third-order valence-corrected chi connectivity index (χ3v) is 7.46. The van der Waals surface area contributed by atoms with Crippen molar-refractivity contribution in [3.63, 3.8) is 0 Å². The molecule has 4 rings (SSSR count). The van der Waals surface area contributed by atoms with Crippen LogP contribution in [-0.4, -0.2) is 64.0 Å². The number of hydrogen-bond acceptors (Lipinski definition) is 8. The van der Waals surface area contributed by atoms with E-state index in [1.807, 2.05) is 56.9 Å². The summed E-state index contributed by atoms with van der Waals surface area (Å²) in [7, 11) is 1.37. The van der Waals surface area contributed by atoms with E-state index in [9.17, 15) is 9.59 Å². The van der Waals surface area contributed by atoms with Gasteiger partial charge in [0.05, 0.1) is 41.8 Å². The van der Waals surface area contributed by atoms with Gasteiger partial charge in [-0.3, -0.25) is 4.79 Å². The summed E-state index contributed by atoms with van der Waals surface area (Å²) in [6, 6.07) is 12.1. The second-order valence-electron chi connectivity index (χ2n) is 11.4. The minimum Gasteiger partial charge on any atom is -0.465 e. The maximum absolute atomic E-state index is 13.8. The van der Waals surface area contributed by atoms with E-state index in [4.69, 9.17) is 14.7 Å². The molecule has 40 heavy (non-hydrogen) atoms. The summed E-state index contributed by atoms with van der Waals surface area (Å²) in [4.78, 5) is 44.1. The van der Waals surface area contributed by atoms with E-state index in [-0.39, 0.29) is 23.8 Å². The molecule has 1 aromatic carbocycles. The normalized spacial score (nSPS) is 15.6. The molecule has 1 atom stereocenters. The van der Waals surface area contributed by atoms with E-state index < -0.39 is 5.54 Å². The predicted octanol–water partition coefficient (Wildman–Crippen LogP) is 5.31. The van der Waals surface area contributed by atoms with Crippen LogP contribution in [0.5, 0.6) is 0 Å². The number of benzene rings is 1. The number of carbonyl (C=O) groups excluding carboxylic acids is 2. The molecule has 1 aliphatic rings. The number of carbonyl (C=O) groups is 2. The second kappa shape index (κ2) is 11.6. The van der Waals surface area contributed by atoms with Gasteiger partial charge in [-0.1, -0.05) is 44.2 Å². The molecular formula is C31H40N6O3. The number of nitrogens with one attached hydrogen (secondary N) is 1. The lowest BCUT2D eigenvalue weighted by Crippen LogP contribution is -2.61. The van der Waals surface area contributed by atoms with Crippen LogP contribution in [0.15, 0.2) is 42.6 Å². The fourth-order valence-corrected chi connectivity index (χ4v) is 5.30. The largest absolute Gasteiger partial charge is 0.465 e. The van der Waals surface area contributed by atoms with Crippen LogP contribution in [0.1, 0.15) is 89.9 Å². The molecular weight excluding hydrogens is 504 g/mol. The molecule has 1 fully saturated rings. The average Bonchev–Trinajstić information content (AvgIpc) is 2.92. The van der Waals surface area contributed by atoms with Crippen LogP contribution < -0.4 is 10.2 Å². The quantitative estimate of drug-likeness (QED) is 0.399. The summed E-state index contributed by atoms with van der Waals surface area (Å²) < 4.78 is 4.92. The minimum atomic E-state index is -0.488. The Labute approximate surface area is 237 Å². The zero-order valence-corrected chi connectivity index (χ0v) is 24.8. The van der Waals surface area contributed by atoms with Gasteiger partial charge in [-0.15, -0.1) is 0 Å². The van der Waals surface area contributed by atoms with Crippen molar-refractivity contribution in [2.45, 2.75) is 66.0 Å². The van der Waals surface area contributed by atoms with Gasteiger partial charge in [-0.2, -0.15) is 0 Å². The number of ether oxygens (including phenoxy) is 1. The van der Waals surface area contributed by atoms with Crippen LogP contribution in [0.3, 0.4) is 0 Å². The molecule has 0 spiro atoms. The Kier molecular flexibility index (Phi) is 8.42. The Bertz CT molecular complexity index is 1370. The van der Waals surface area contributed by atoms with E-state index in [0.717, 1.165) is 22.6 Å². The van der Waals surface area contributed by atoms with Gasteiger partial charge in [-0.05, 0) is 57.7 Å². The Balaban J connectivity index is 1.53. The van der Waals surface area contributed by atoms with E-state index >= 15 is 0 Å². The van der Waals surface area contributed by atoms with Crippen molar-refractivity contribution in [3.8, 4) is 0 Å². The molecule has 0 bridgehead atoms. The monoisotopic (exact) mass is 544 g/mol. The molecule has 3 heterocycles. The Hall–Kier alpha value is -4.01. The number of nitrogens with zero attached hydrogens (tertiary/aromatic N) is 5. The van der Waals surface area contributed by atoms with Gasteiger partial charge in [0.1, 0.15) is 17.3 Å². The fourth-order valence-electron chi connectivity index (χ4n) is 5.30. The third kappa shape index (κ3) is 5.93. The molecule has 1 aliphatic heterocycles. The standard InChI is InChI=1S/C31H40N6O3/c1-19(2)27-28(34-21(4)23-12-10-9-11-13-23)32-17-24(35-27)29(38)37-15-14-36(18-31(37,6)7)25-16-20(3)26(22(5)33-25)30(39)40-8/h9-13,16-17,19,21H,14-15,18H2,1-8H3,(H,32,34)/t21-/m1/s1. The number of piperazine rings is 1. The van der Waals surface area contributed by atoms with Crippen LogP contribution in [-0.2, 0) is 4.74 Å². The smallest absolute Gasteiger partial charge is 0.339 e. The maximum atomic E-state index is 13.8. The lowest BCUT2D eigenvalue weighted by Gasteiger charge is -2.47. The van der Waals surface area contributed by atoms with Gasteiger partial charge in [0.15, 0.2) is 0 Å². The van der Waals surface area contributed by atoms with E-state index in [2.05, 4.69) is 48.1 Å². The van der Waals surface area contributed by atoms with Crippen LogP contribution in [0, 0.1) is 13.8 Å². The number of rotatable bonds is 7. The highest BCUT2D eigenvalue weighted by atomic mass is 16.5. The van der Waals surface area contributed by atoms with Crippen molar-refractivity contribution < 1.29 is 14.3 Å². The molecule has 9 heteroatoms. The summed E-state index contributed by atoms with van der Waals surface area (Å²) in [6.07, 6.45) is 1.58. The van der Waals surface area contributed by atoms with Crippen molar-refractivity contribution in [3.05, 3.63) is 76.4 Å². The van der Waals surface area contributed by atoms with Gasteiger partial charge in [0, 0.05) is 19.6 Å². The third-order valence-electron chi connectivity index (χ3n) is 7.46. The maximum Gasteiger partial charge on any atom is 0.339 e. The fraction of sp³-hybridized carbons (Fsp3) is 0.452. The molecule has 9 nitrogen and oxygen atoms in total. The van der Waals surface area contributed by atoms with Gasteiger partial charge in [-0.25, -0.2) is 19.7 Å². The topological polar surface area (TPSA) is 101 Å². The number of hydrogen-bond donors (Lipinski definition) is 1. The summed E-state index contributed by atoms with van der Waals surface area (Å²) in [5.74, 6) is 1.04. The van der Waals surface area contributed by atoms with Gasteiger partial charge in [0.25, 0.3) is 5.91 Å². The van der Waals surface area contributed by atoms with E-state index in [0.29, 0.717) is 42.4 Å². The number of anilines is 2. The number of amides is 1. The summed E-state index contributed by atoms with van der Waals surface area (Å²) in [5, 5.41) is 3.48. The Morgan fingerprint density at radius 1 is 1.05 bits per heavy atom. The minimum absolute atomic E-state index is 0.0455. The first-order valence-electron chi connectivity index (χ1n) is 13.7. The van der Waals surface area contributed by atoms with Crippen LogP contribution in [0.4, 0.5) is 11.6 Å². The summed E-state index contributed by atoms with van der Waals surface area (Å²) in [5.41, 5.74) is 3.72. The number of methoxy groups -OCH3 is 1. The molecule has 0 aliphatic carbocycles. The van der Waals surface area contributed by atoms with Gasteiger partial charge in [0.2, 0.25) is 0 Å². The highest BCUT2D eigenvalue weighted by Gasteiger charge is 2.38. The number of pyridine rings is 1. The van der Waals surface area contributed by atoms with Crippen molar-refractivity contribution in [1.82, 2.24) is 19.9 Å². The van der Waals surface area contributed by atoms with Crippen molar-refractivity contribution in [2.75, 3.05) is 37.0 Å². The zero-order chi connectivity index (χ0) is 29.2. The SMILES string of the molecule is COC(=O)c1c(C)cc(N2CCN(C(=O)c3cnc(N[C@H](C)c4ccccc4)c(C(C)C)n3)C(C)(C)C2)nc1C. The van der Waals surface area contributed by atoms with Crippen molar-refractivity contribution in [2.24, 2.45) is 0 Å². The molecule has 1 amide bonds. The molecule has 0 saturated carbocycles. The van der Waals surface area contributed by atoms with Crippen molar-refractivity contribution in [1.29, 1.82) is 0 Å². The molecule has 2 aromatic heterocycles. The number of aromatic nitrogens is 3. The average molecular weight is 545 g/mol. The number of esters is 1. The molecule has 3 aromatic rings. The molecule has 1 saturated heterocycles. The second-order valence-corrected chi connectivity index (χ2v) is 11.4. The lowest BCUT2D eigenvalue weighted by atomic mass is 9.97. The van der Waals surface area contributed by atoms with E-state index in [1.54, 1.807) is 6.20 Å². The summed E-state index contributed by atoms with van der Waals surface area (Å²) >= 11 is 0. The van der Waals surface area contributed by atoms with Gasteiger partial charge < -0.3 is 19.9 Å². The highest BCUT2D eigenvalue weighted by Crippen LogP contribution is 2.29. The molecule has 1 N–H and O–H groups in total. The molecule has 212 valence electrons. The molecule has 0 unspecified atom stereocenters. The first kappa shape index (κ1) is 29.0. The first-order chi connectivity index (χ1) is 18.9. The van der Waals surface area contributed by atoms with Crippen molar-refractivity contribution >= 4 is 23.5 Å². The Morgan fingerprint density at radius 3 is 2.35 bits per heavy atom. The Morgan fingerprint density at radius 2 is 1.75 bits per heavy atom. The van der Waals surface area contributed by atoms with E-state index in [1.165, 1.54) is 7.11 Å². The van der Waals surface area contributed by atoms with Gasteiger partial charge >= 0.3 is 5.97 Å². The zero-order valence-electron chi connectivity index (χ0n) is 24.8. The van der Waals surface area contributed by atoms with Crippen LogP contribution in [0.25, 0.3) is 0 Å². The lowest BCUT2D eigenvalue weighted by molar-refractivity contribution is 0.0505.